The van der Waals surface area contributed by atoms with Crippen molar-refractivity contribution in [2.45, 2.75) is 69.7 Å². The number of aliphatic hydroxyl groups excluding tert-OH is 2. The third-order valence-electron chi connectivity index (χ3n) is 14.2. The molecule has 0 unspecified atom stereocenters. The van der Waals surface area contributed by atoms with Crippen LogP contribution < -0.4 is 32.2 Å². The van der Waals surface area contributed by atoms with E-state index in [1.807, 2.05) is 6.92 Å². The van der Waals surface area contributed by atoms with Crippen LogP contribution >= 0.6 is 68.0 Å². The topological polar surface area (TPSA) is 388 Å². The van der Waals surface area contributed by atoms with Crippen molar-refractivity contribution in [3.63, 3.8) is 0 Å². The van der Waals surface area contributed by atoms with Gasteiger partial charge >= 0.3 is 0 Å². The van der Waals surface area contributed by atoms with Crippen LogP contribution in [-0.2, 0) is 22.6 Å². The number of amides is 6. The van der Waals surface area contributed by atoms with Gasteiger partial charge in [-0.05, 0) is 52.7 Å². The fraction of sp³-hybridized carbons (Fsp3) is 0.236. The van der Waals surface area contributed by atoms with E-state index in [9.17, 15) is 34.2 Å². The van der Waals surface area contributed by atoms with Gasteiger partial charge < -0.3 is 47.3 Å². The number of aryl methyl sites for hydroxylation is 1. The molecule has 10 heterocycles. The zero-order chi connectivity index (χ0) is 60.6. The molecule has 12 rings (SSSR count). The maximum atomic E-state index is 15.3. The molecule has 2 aliphatic rings. The lowest BCUT2D eigenvalue weighted by atomic mass is 10.00. The number of thiazole rings is 6. The molecule has 10 aromatic rings. The van der Waals surface area contributed by atoms with E-state index >= 15 is 4.79 Å². The molecule has 10 bridgehead atoms. The quantitative estimate of drug-likeness (QED) is 0.0761. The van der Waals surface area contributed by atoms with E-state index in [-0.39, 0.29) is 52.4 Å². The minimum absolute atomic E-state index is 0.0211. The van der Waals surface area contributed by atoms with Gasteiger partial charge in [0.05, 0.1) is 30.3 Å². The highest BCUT2D eigenvalue weighted by Gasteiger charge is 2.45. The lowest BCUT2D eigenvalue weighted by Crippen LogP contribution is -2.50. The standard InChI is InChI=1S/C55H47N17O9S6/c1-23-37(73)16-72-43(23)54-65-36(22-86-54)51-61-32(18-83-51)41-28(12-13-29(58-41)50-62-33(19-84-50)45(57)76)49-63-34(20-82-49)46(77)59-30(15-38(56)74)52-67-40(24(2)87-52)48(79)66-42(44(75)26-6-4-3-5-7-26)53-64-35(21-85-53)47(78)60-31(55(72)80)14-25-8-10-27(11-9-25)81-17-39-68-70-71-69-39/h3-13,18-23,30-31,37,42-44,73,75H,14-17H2,1-2H3,(H2,56,74)(H2,57,76)(H,59,77)(H,60,78)(H,66,79)(H,68,69,70,71)/t23-,30-,31-,37-,42-,43-,44+/m0/s1. The van der Waals surface area contributed by atoms with Gasteiger partial charge in [-0.1, -0.05) is 49.4 Å². The van der Waals surface area contributed by atoms with Crippen LogP contribution in [0, 0.1) is 12.8 Å². The summed E-state index contributed by atoms with van der Waals surface area (Å²) in [5.41, 5.74) is 14.3. The molecular formula is C55H47N17O9S6. The second-order valence-corrected chi connectivity index (χ2v) is 25.6. The Bertz CT molecular complexity index is 4220. The molecule has 32 heteroatoms. The predicted octanol–water partition coefficient (Wildman–Crippen LogP) is 5.77. The van der Waals surface area contributed by atoms with Crippen molar-refractivity contribution in [1.29, 1.82) is 0 Å². The Labute approximate surface area is 516 Å². The van der Waals surface area contributed by atoms with Crippen LogP contribution in [0.3, 0.4) is 0 Å². The molecule has 26 nitrogen and oxygen atoms in total. The number of nitrogens with zero attached hydrogens (tertiary/aromatic N) is 11. The number of rotatable bonds is 11. The summed E-state index contributed by atoms with van der Waals surface area (Å²) in [7, 11) is 0. The third-order valence-corrected chi connectivity index (χ3v) is 19.8. The number of carbonyl (C=O) groups excluding carboxylic acids is 6. The number of primary amides is 2. The van der Waals surface area contributed by atoms with E-state index in [1.54, 1.807) is 84.4 Å². The van der Waals surface area contributed by atoms with Crippen molar-refractivity contribution < 1.29 is 43.7 Å². The second kappa shape index (κ2) is 24.8. The summed E-state index contributed by atoms with van der Waals surface area (Å²) in [6.45, 7) is 3.43. The first-order valence-electron chi connectivity index (χ1n) is 26.5. The summed E-state index contributed by atoms with van der Waals surface area (Å²) >= 11 is 6.90. The van der Waals surface area contributed by atoms with E-state index < -0.39 is 84.2 Å². The van der Waals surface area contributed by atoms with E-state index in [0.717, 1.165) is 34.0 Å². The lowest BCUT2D eigenvalue weighted by molar-refractivity contribution is -0.134. The maximum Gasteiger partial charge on any atom is 0.271 e. The number of tetrazole rings is 1. The van der Waals surface area contributed by atoms with Crippen LogP contribution in [0.15, 0.2) is 93.6 Å². The van der Waals surface area contributed by atoms with Gasteiger partial charge in [-0.25, -0.2) is 40.0 Å². The Kier molecular flexibility index (Phi) is 16.6. The summed E-state index contributed by atoms with van der Waals surface area (Å²) < 4.78 is 5.85. The molecule has 10 N–H and O–H groups in total. The van der Waals surface area contributed by atoms with Crippen LogP contribution in [-0.4, -0.2) is 125 Å². The fourth-order valence-electron chi connectivity index (χ4n) is 9.79. The Morgan fingerprint density at radius 1 is 0.701 bits per heavy atom. The number of nitrogens with one attached hydrogen (secondary N) is 4. The first-order chi connectivity index (χ1) is 42.0. The minimum atomic E-state index is -1.41. The average molecular weight is 1280 g/mol. The molecule has 0 radical (unpaired) electrons. The van der Waals surface area contributed by atoms with Gasteiger partial charge in [0, 0.05) is 56.2 Å². The highest BCUT2D eigenvalue weighted by Crippen LogP contribution is 2.43. The Morgan fingerprint density at radius 2 is 1.38 bits per heavy atom. The molecule has 6 amide bonds. The third kappa shape index (κ3) is 12.4. The SMILES string of the molecule is Cc1sc2nc1C(=O)N[C@@H]([C@H](O)c1ccccc1)c1nc(cs1)C(=O)N[C@@H](Cc1ccc(OCc3nnn[nH]3)cc1)C(=O)N1C[C@H](O)[C@H](C)[C@H]1c1nc(cs1)-c1nc(cs1)-c1nc(-c3nc(C(N)=O)cs3)ccc1-c1nc(cs1)C(=O)N[C@H]2CC(N)=O. The summed E-state index contributed by atoms with van der Waals surface area (Å²) in [5.74, 6) is -3.81. The number of carbonyl (C=O) groups is 6. The summed E-state index contributed by atoms with van der Waals surface area (Å²) in [5, 5.41) is 56.0. The number of H-pyrrole nitrogens is 1. The molecule has 0 saturated carbocycles. The normalized spacial score (nSPS) is 19.4. The molecule has 7 atom stereocenters. The van der Waals surface area contributed by atoms with Gasteiger partial charge in [0.25, 0.3) is 23.6 Å². The number of benzene rings is 2. The first-order valence-corrected chi connectivity index (χ1v) is 31.7. The van der Waals surface area contributed by atoms with Gasteiger partial charge in [-0.2, -0.15) is 0 Å². The van der Waals surface area contributed by atoms with Crippen LogP contribution in [0.4, 0.5) is 0 Å². The smallest absolute Gasteiger partial charge is 0.271 e. The number of fused-ring (bicyclic) bond motifs is 16. The van der Waals surface area contributed by atoms with E-state index in [4.69, 9.17) is 36.1 Å². The number of pyridine rings is 1. The minimum Gasteiger partial charge on any atom is -0.486 e. The monoisotopic (exact) mass is 1280 g/mol. The molecule has 8 aromatic heterocycles. The number of aromatic nitrogens is 11. The van der Waals surface area contributed by atoms with Crippen molar-refractivity contribution in [3.8, 4) is 49.1 Å². The number of nitrogens with two attached hydrogens (primary N) is 2. The predicted molar refractivity (Wildman–Crippen MR) is 321 cm³/mol. The Balaban J connectivity index is 0.947. The van der Waals surface area contributed by atoms with Gasteiger partial charge in [0.1, 0.15) is 100 Å². The van der Waals surface area contributed by atoms with Crippen LogP contribution in [0.25, 0.3) is 43.4 Å². The molecule has 2 aliphatic heterocycles. The summed E-state index contributed by atoms with van der Waals surface area (Å²) in [6, 6.07) is 14.5. The number of aromatic amines is 1. The van der Waals surface area contributed by atoms with Crippen LogP contribution in [0.1, 0.15) is 116 Å². The van der Waals surface area contributed by atoms with Gasteiger partial charge in [0.2, 0.25) is 11.8 Å². The van der Waals surface area contributed by atoms with E-state index in [1.165, 1.54) is 55.1 Å². The molecule has 0 spiro atoms. The van der Waals surface area contributed by atoms with Crippen molar-refractivity contribution in [2.75, 3.05) is 6.54 Å². The second-order valence-electron chi connectivity index (χ2n) is 20.0. The zero-order valence-corrected chi connectivity index (χ0v) is 50.3. The highest BCUT2D eigenvalue weighted by atomic mass is 32.1. The Morgan fingerprint density at radius 3 is 2.13 bits per heavy atom. The molecule has 0 aliphatic carbocycles. The molecule has 2 aromatic carbocycles. The number of hydrogen-bond donors (Lipinski definition) is 8. The molecule has 1 fully saturated rings. The molecular weight excluding hydrogens is 1240 g/mol. The van der Waals surface area contributed by atoms with Crippen LogP contribution in [0.5, 0.6) is 5.75 Å². The largest absolute Gasteiger partial charge is 0.486 e. The van der Waals surface area contributed by atoms with Crippen molar-refractivity contribution in [1.82, 2.24) is 76.4 Å². The van der Waals surface area contributed by atoms with E-state index in [2.05, 4.69) is 51.5 Å². The number of aliphatic hydroxyl groups is 2. The molecule has 87 heavy (non-hydrogen) atoms. The van der Waals surface area contributed by atoms with Crippen LogP contribution in [0.2, 0.25) is 0 Å². The maximum absolute atomic E-state index is 15.3. The molecule has 442 valence electrons. The fourth-order valence-corrected chi connectivity index (χ4v) is 15.1. The van der Waals surface area contributed by atoms with Gasteiger partial charge in [0.15, 0.2) is 5.82 Å². The van der Waals surface area contributed by atoms with Gasteiger partial charge in [-0.15, -0.1) is 73.1 Å². The van der Waals surface area contributed by atoms with Crippen molar-refractivity contribution in [3.05, 3.63) is 153 Å². The summed E-state index contributed by atoms with van der Waals surface area (Å²) in [6.07, 6.45) is -2.82. The van der Waals surface area contributed by atoms with Crippen molar-refractivity contribution >= 4 is 103 Å². The Hall–Kier alpha value is -9.02. The molecule has 1 saturated heterocycles. The lowest BCUT2D eigenvalue weighted by Gasteiger charge is -2.29. The van der Waals surface area contributed by atoms with Gasteiger partial charge in [-0.3, -0.25) is 28.8 Å². The zero-order valence-electron chi connectivity index (χ0n) is 45.4. The summed E-state index contributed by atoms with van der Waals surface area (Å²) in [4.78, 5) is 119. The van der Waals surface area contributed by atoms with Crippen molar-refractivity contribution in [2.24, 2.45) is 17.4 Å². The average Bonchev–Trinajstić information content (AvgIpc) is 2.40. The first kappa shape index (κ1) is 58.4. The number of ether oxygens (including phenoxy) is 1. The van der Waals surface area contributed by atoms with E-state index in [0.29, 0.717) is 75.9 Å². The number of hydrogen-bond acceptors (Lipinski definition) is 25. The highest BCUT2D eigenvalue weighted by molar-refractivity contribution is 7.15.